The molecule has 0 radical (unpaired) electrons. The van der Waals surface area contributed by atoms with Gasteiger partial charge in [0.1, 0.15) is 6.07 Å². The van der Waals surface area contributed by atoms with E-state index in [0.717, 1.165) is 0 Å². The molecule has 0 aliphatic heterocycles. The second kappa shape index (κ2) is 7.66. The van der Waals surface area contributed by atoms with E-state index in [2.05, 4.69) is 10.0 Å². The summed E-state index contributed by atoms with van der Waals surface area (Å²) in [6, 6.07) is 11.8. The van der Waals surface area contributed by atoms with Gasteiger partial charge in [0.05, 0.1) is 15.5 Å². The van der Waals surface area contributed by atoms with E-state index in [0.29, 0.717) is 16.8 Å². The Bertz CT molecular complexity index is 933. The van der Waals surface area contributed by atoms with Crippen LogP contribution in [0.25, 0.3) is 0 Å². The molecule has 0 fully saturated rings. The highest BCUT2D eigenvalue weighted by Gasteiger charge is 2.16. The molecular formula is C17H16ClN3O3S. The second-order valence-corrected chi connectivity index (χ2v) is 7.68. The predicted molar refractivity (Wildman–Crippen MR) is 96.0 cm³/mol. The largest absolute Gasteiger partial charge is 0.322 e. The number of hydrogen-bond acceptors (Lipinski definition) is 4. The van der Waals surface area contributed by atoms with Crippen LogP contribution in [0.15, 0.2) is 47.4 Å². The second-order valence-electron chi connectivity index (χ2n) is 5.56. The van der Waals surface area contributed by atoms with Crippen molar-refractivity contribution in [3.05, 3.63) is 58.6 Å². The fourth-order valence-corrected chi connectivity index (χ4v) is 3.52. The normalized spacial score (nSPS) is 11.2. The third-order valence-electron chi connectivity index (χ3n) is 3.17. The Kier molecular flexibility index (Phi) is 5.80. The summed E-state index contributed by atoms with van der Waals surface area (Å²) in [7, 11) is -3.60. The lowest BCUT2D eigenvalue weighted by Crippen LogP contribution is -2.30. The van der Waals surface area contributed by atoms with E-state index in [-0.39, 0.29) is 16.0 Å². The predicted octanol–water partition coefficient (Wildman–Crippen LogP) is 3.15. The number of nitrogens with one attached hydrogen (secondary N) is 2. The Morgan fingerprint density at radius 3 is 2.32 bits per heavy atom. The van der Waals surface area contributed by atoms with Gasteiger partial charge >= 0.3 is 0 Å². The van der Waals surface area contributed by atoms with Crippen LogP contribution in [0.3, 0.4) is 0 Å². The summed E-state index contributed by atoms with van der Waals surface area (Å²) < 4.78 is 26.6. The summed E-state index contributed by atoms with van der Waals surface area (Å²) in [5.74, 6) is -0.415. The van der Waals surface area contributed by atoms with Crippen molar-refractivity contribution in [2.75, 3.05) is 5.32 Å². The van der Waals surface area contributed by atoms with Crippen LogP contribution >= 0.6 is 11.6 Å². The minimum absolute atomic E-state index is 0.0826. The number of nitrogens with zero attached hydrogens (tertiary/aromatic N) is 1. The van der Waals surface area contributed by atoms with Crippen LogP contribution in [0.5, 0.6) is 0 Å². The number of halogens is 1. The topological polar surface area (TPSA) is 99.1 Å². The highest BCUT2D eigenvalue weighted by molar-refractivity contribution is 7.89. The zero-order valence-electron chi connectivity index (χ0n) is 13.6. The molecule has 0 aromatic heterocycles. The molecule has 0 heterocycles. The summed E-state index contributed by atoms with van der Waals surface area (Å²) in [6.45, 7) is 3.45. The first kappa shape index (κ1) is 18.9. The van der Waals surface area contributed by atoms with Crippen LogP contribution in [0.1, 0.15) is 29.8 Å². The average Bonchev–Trinajstić information content (AvgIpc) is 2.54. The first-order chi connectivity index (χ1) is 11.7. The SMILES string of the molecule is CC(C)NS(=O)(=O)c1ccc(C(=O)Nc2ccc(C#N)c(Cl)c2)cc1. The molecule has 25 heavy (non-hydrogen) atoms. The first-order valence-electron chi connectivity index (χ1n) is 7.36. The van der Waals surface area contributed by atoms with Gasteiger partial charge in [-0.15, -0.1) is 0 Å². The molecular weight excluding hydrogens is 362 g/mol. The molecule has 6 nitrogen and oxygen atoms in total. The standard InChI is InChI=1S/C17H16ClN3O3S/c1-11(2)21-25(23,24)15-7-4-12(5-8-15)17(22)20-14-6-3-13(10-19)16(18)9-14/h3-9,11,21H,1-2H3,(H,20,22). The van der Waals surface area contributed by atoms with Crippen LogP contribution in [0, 0.1) is 11.3 Å². The van der Waals surface area contributed by atoms with Gasteiger partial charge in [-0.3, -0.25) is 4.79 Å². The number of nitriles is 1. The molecule has 0 unspecified atom stereocenters. The van der Waals surface area contributed by atoms with Crippen LogP contribution in [0.2, 0.25) is 5.02 Å². The molecule has 0 spiro atoms. The van der Waals surface area contributed by atoms with E-state index in [1.807, 2.05) is 6.07 Å². The maximum atomic E-state index is 12.2. The van der Waals surface area contributed by atoms with Crippen molar-refractivity contribution in [2.45, 2.75) is 24.8 Å². The number of benzene rings is 2. The van der Waals surface area contributed by atoms with Gasteiger partial charge in [0.25, 0.3) is 5.91 Å². The first-order valence-corrected chi connectivity index (χ1v) is 9.22. The number of carbonyl (C=O) groups is 1. The molecule has 1 amide bonds. The molecule has 0 aliphatic carbocycles. The molecule has 2 aromatic carbocycles. The van der Waals surface area contributed by atoms with E-state index in [1.54, 1.807) is 19.9 Å². The van der Waals surface area contributed by atoms with Gasteiger partial charge in [-0.1, -0.05) is 11.6 Å². The minimum Gasteiger partial charge on any atom is -0.322 e. The summed E-state index contributed by atoms with van der Waals surface area (Å²) in [4.78, 5) is 12.3. The summed E-state index contributed by atoms with van der Waals surface area (Å²) in [5, 5.41) is 11.7. The third kappa shape index (κ3) is 4.79. The number of amides is 1. The molecule has 2 aromatic rings. The van der Waals surface area contributed by atoms with Gasteiger partial charge in [0.2, 0.25) is 10.0 Å². The molecule has 8 heteroatoms. The molecule has 130 valence electrons. The fraction of sp³-hybridized carbons (Fsp3) is 0.176. The maximum absolute atomic E-state index is 12.2. The quantitative estimate of drug-likeness (QED) is 0.835. The van der Waals surface area contributed by atoms with Crippen molar-refractivity contribution in [1.29, 1.82) is 5.26 Å². The number of anilines is 1. The zero-order chi connectivity index (χ0) is 18.6. The number of carbonyl (C=O) groups excluding carboxylic acids is 1. The molecule has 0 aliphatic rings. The Morgan fingerprint density at radius 2 is 1.80 bits per heavy atom. The highest BCUT2D eigenvalue weighted by Crippen LogP contribution is 2.21. The lowest BCUT2D eigenvalue weighted by Gasteiger charge is -2.10. The number of sulfonamides is 1. The Morgan fingerprint density at radius 1 is 1.16 bits per heavy atom. The molecule has 0 saturated heterocycles. The molecule has 0 atom stereocenters. The maximum Gasteiger partial charge on any atom is 0.255 e. The Hall–Kier alpha value is -2.40. The number of rotatable bonds is 5. The fourth-order valence-electron chi connectivity index (χ4n) is 2.05. The summed E-state index contributed by atoms with van der Waals surface area (Å²) in [5.41, 5.74) is 1.04. The van der Waals surface area contributed by atoms with Crippen LogP contribution < -0.4 is 10.0 Å². The lowest BCUT2D eigenvalue weighted by atomic mass is 10.2. The van der Waals surface area contributed by atoms with Gasteiger partial charge in [0, 0.05) is 17.3 Å². The van der Waals surface area contributed by atoms with Crippen molar-refractivity contribution in [1.82, 2.24) is 4.72 Å². The third-order valence-corrected chi connectivity index (χ3v) is 5.15. The van der Waals surface area contributed by atoms with Crippen LogP contribution in [-0.2, 0) is 10.0 Å². The van der Waals surface area contributed by atoms with Gasteiger partial charge in [-0.2, -0.15) is 5.26 Å². The van der Waals surface area contributed by atoms with Crippen molar-refractivity contribution in [2.24, 2.45) is 0 Å². The number of hydrogen-bond donors (Lipinski definition) is 2. The van der Waals surface area contributed by atoms with Crippen molar-refractivity contribution in [3.8, 4) is 6.07 Å². The van der Waals surface area contributed by atoms with Gasteiger partial charge in [-0.05, 0) is 56.3 Å². The van der Waals surface area contributed by atoms with Crippen molar-refractivity contribution >= 4 is 33.2 Å². The Balaban J connectivity index is 2.16. The minimum atomic E-state index is -3.60. The lowest BCUT2D eigenvalue weighted by molar-refractivity contribution is 0.102. The van der Waals surface area contributed by atoms with Gasteiger partial charge in [-0.25, -0.2) is 13.1 Å². The molecule has 0 bridgehead atoms. The van der Waals surface area contributed by atoms with E-state index >= 15 is 0 Å². The van der Waals surface area contributed by atoms with Crippen LogP contribution in [0.4, 0.5) is 5.69 Å². The molecule has 2 N–H and O–H groups in total. The van der Waals surface area contributed by atoms with Crippen LogP contribution in [-0.4, -0.2) is 20.4 Å². The van der Waals surface area contributed by atoms with E-state index < -0.39 is 15.9 Å². The van der Waals surface area contributed by atoms with E-state index in [4.69, 9.17) is 16.9 Å². The van der Waals surface area contributed by atoms with Gasteiger partial charge in [0.15, 0.2) is 0 Å². The molecule has 0 saturated carbocycles. The van der Waals surface area contributed by atoms with E-state index in [1.165, 1.54) is 36.4 Å². The van der Waals surface area contributed by atoms with E-state index in [9.17, 15) is 13.2 Å². The molecule has 2 rings (SSSR count). The average molecular weight is 378 g/mol. The Labute approximate surface area is 151 Å². The zero-order valence-corrected chi connectivity index (χ0v) is 15.1. The monoisotopic (exact) mass is 377 g/mol. The highest BCUT2D eigenvalue weighted by atomic mass is 35.5. The van der Waals surface area contributed by atoms with Gasteiger partial charge < -0.3 is 5.32 Å². The smallest absolute Gasteiger partial charge is 0.255 e. The summed E-state index contributed by atoms with van der Waals surface area (Å²) in [6.07, 6.45) is 0. The van der Waals surface area contributed by atoms with Crippen molar-refractivity contribution in [3.63, 3.8) is 0 Å². The summed E-state index contributed by atoms with van der Waals surface area (Å²) >= 11 is 5.92. The van der Waals surface area contributed by atoms with Crippen molar-refractivity contribution < 1.29 is 13.2 Å².